The van der Waals surface area contributed by atoms with Crippen molar-refractivity contribution in [3.63, 3.8) is 0 Å². The lowest BCUT2D eigenvalue weighted by molar-refractivity contribution is 0.0430. The highest BCUT2D eigenvalue weighted by atomic mass is 16.6. The van der Waals surface area contributed by atoms with E-state index in [0.717, 1.165) is 5.69 Å². The number of benzene rings is 2. The van der Waals surface area contributed by atoms with Crippen molar-refractivity contribution in [2.75, 3.05) is 7.11 Å². The summed E-state index contributed by atoms with van der Waals surface area (Å²) in [5, 5.41) is 14.8. The molecule has 0 radical (unpaired) electrons. The number of hydrogen-bond donors (Lipinski definition) is 1. The summed E-state index contributed by atoms with van der Waals surface area (Å²) in [5.41, 5.74) is 2.14. The van der Waals surface area contributed by atoms with Crippen molar-refractivity contribution in [3.05, 3.63) is 78.6 Å². The van der Waals surface area contributed by atoms with Crippen LogP contribution in [0.15, 0.2) is 71.6 Å². The SMILES string of the molecule is COc1ccccc1-c1nn(-c2ccccc2)cc1C(=O)OCc1nc(-c2ncn[nH]2)no1. The molecule has 0 unspecified atom stereocenters. The average Bonchev–Trinajstić information content (AvgIpc) is 3.63. The number of nitrogens with one attached hydrogen (secondary N) is 1. The second-order valence-electron chi connectivity index (χ2n) is 6.79. The molecule has 11 nitrogen and oxygen atoms in total. The van der Waals surface area contributed by atoms with E-state index in [4.69, 9.17) is 14.0 Å². The number of para-hydroxylation sites is 2. The van der Waals surface area contributed by atoms with Gasteiger partial charge in [-0.15, -0.1) is 0 Å². The van der Waals surface area contributed by atoms with Crippen LogP contribution in [0.5, 0.6) is 5.75 Å². The van der Waals surface area contributed by atoms with Gasteiger partial charge >= 0.3 is 5.97 Å². The first kappa shape index (κ1) is 20.1. The normalized spacial score (nSPS) is 10.8. The lowest BCUT2D eigenvalue weighted by Gasteiger charge is -2.07. The van der Waals surface area contributed by atoms with Gasteiger partial charge in [0.1, 0.15) is 23.3 Å². The number of H-pyrrole nitrogens is 1. The maximum Gasteiger partial charge on any atom is 0.342 e. The van der Waals surface area contributed by atoms with Crippen LogP contribution in [0.4, 0.5) is 0 Å². The first-order chi connectivity index (χ1) is 16.2. The highest BCUT2D eigenvalue weighted by molar-refractivity contribution is 5.97. The number of aromatic amines is 1. The Balaban J connectivity index is 1.44. The van der Waals surface area contributed by atoms with Crippen LogP contribution in [0, 0.1) is 0 Å². The first-order valence-electron chi connectivity index (χ1n) is 9.87. The Kier molecular flexibility index (Phi) is 5.33. The molecule has 0 saturated carbocycles. The van der Waals surface area contributed by atoms with Gasteiger partial charge in [0.2, 0.25) is 5.82 Å². The molecule has 0 aliphatic rings. The molecule has 164 valence electrons. The van der Waals surface area contributed by atoms with E-state index in [0.29, 0.717) is 22.8 Å². The van der Waals surface area contributed by atoms with Gasteiger partial charge in [-0.3, -0.25) is 5.10 Å². The zero-order chi connectivity index (χ0) is 22.6. The van der Waals surface area contributed by atoms with Gasteiger partial charge in [0.25, 0.3) is 5.89 Å². The Morgan fingerprint density at radius 2 is 1.94 bits per heavy atom. The van der Waals surface area contributed by atoms with Gasteiger partial charge < -0.3 is 14.0 Å². The molecule has 0 fully saturated rings. The lowest BCUT2D eigenvalue weighted by atomic mass is 10.1. The summed E-state index contributed by atoms with van der Waals surface area (Å²) >= 11 is 0. The van der Waals surface area contributed by atoms with E-state index in [1.807, 2.05) is 48.5 Å². The van der Waals surface area contributed by atoms with E-state index in [1.54, 1.807) is 24.1 Å². The summed E-state index contributed by atoms with van der Waals surface area (Å²) < 4.78 is 17.7. The quantitative estimate of drug-likeness (QED) is 0.377. The van der Waals surface area contributed by atoms with Crippen LogP contribution in [0.2, 0.25) is 0 Å². The van der Waals surface area contributed by atoms with Gasteiger partial charge in [0, 0.05) is 11.8 Å². The summed E-state index contributed by atoms with van der Waals surface area (Å²) in [7, 11) is 1.56. The molecule has 0 bridgehead atoms. The first-order valence-corrected chi connectivity index (χ1v) is 9.87. The zero-order valence-electron chi connectivity index (χ0n) is 17.4. The largest absolute Gasteiger partial charge is 0.496 e. The van der Waals surface area contributed by atoms with Crippen molar-refractivity contribution < 1.29 is 18.8 Å². The van der Waals surface area contributed by atoms with E-state index in [-0.39, 0.29) is 23.9 Å². The molecule has 0 saturated heterocycles. The highest BCUT2D eigenvalue weighted by Crippen LogP contribution is 2.32. The number of rotatable bonds is 7. The number of aromatic nitrogens is 7. The van der Waals surface area contributed by atoms with Gasteiger partial charge in [-0.1, -0.05) is 35.5 Å². The lowest BCUT2D eigenvalue weighted by Crippen LogP contribution is -2.06. The Morgan fingerprint density at radius 1 is 1.12 bits per heavy atom. The van der Waals surface area contributed by atoms with Gasteiger partial charge in [0.05, 0.1) is 12.8 Å². The molecule has 0 aliphatic heterocycles. The fraction of sp³-hybridized carbons (Fsp3) is 0.0909. The minimum atomic E-state index is -0.600. The van der Waals surface area contributed by atoms with Crippen LogP contribution in [0.3, 0.4) is 0 Å². The van der Waals surface area contributed by atoms with Crippen LogP contribution in [-0.2, 0) is 11.3 Å². The molecule has 2 aromatic carbocycles. The van der Waals surface area contributed by atoms with Crippen LogP contribution in [0.1, 0.15) is 16.2 Å². The highest BCUT2D eigenvalue weighted by Gasteiger charge is 2.23. The number of carbonyl (C=O) groups excluding carboxylic acids is 1. The summed E-state index contributed by atoms with van der Waals surface area (Å²) in [5.74, 6) is 0.657. The molecule has 11 heteroatoms. The van der Waals surface area contributed by atoms with Crippen LogP contribution in [0.25, 0.3) is 28.6 Å². The molecule has 5 rings (SSSR count). The Morgan fingerprint density at radius 3 is 2.73 bits per heavy atom. The molecule has 0 amide bonds. The molecular formula is C22H17N7O4. The van der Waals surface area contributed by atoms with Crippen LogP contribution >= 0.6 is 0 Å². The molecule has 0 spiro atoms. The third-order valence-electron chi connectivity index (χ3n) is 4.74. The van der Waals surface area contributed by atoms with Crippen molar-refractivity contribution in [3.8, 4) is 34.3 Å². The Bertz CT molecular complexity index is 1380. The second kappa shape index (κ2) is 8.75. The topological polar surface area (TPSA) is 134 Å². The number of ether oxygens (including phenoxy) is 2. The molecular weight excluding hydrogens is 426 g/mol. The third-order valence-corrected chi connectivity index (χ3v) is 4.74. The molecule has 0 aliphatic carbocycles. The van der Waals surface area contributed by atoms with Crippen LogP contribution < -0.4 is 4.74 Å². The number of methoxy groups -OCH3 is 1. The van der Waals surface area contributed by atoms with E-state index >= 15 is 0 Å². The third kappa shape index (κ3) is 4.06. The van der Waals surface area contributed by atoms with E-state index < -0.39 is 5.97 Å². The Labute approximate surface area is 187 Å². The summed E-state index contributed by atoms with van der Waals surface area (Å²) in [6.07, 6.45) is 2.95. The van der Waals surface area contributed by atoms with Crippen LogP contribution in [-0.4, -0.2) is 48.2 Å². The summed E-state index contributed by atoms with van der Waals surface area (Å²) in [4.78, 5) is 21.2. The minimum Gasteiger partial charge on any atom is -0.496 e. The standard InChI is InChI=1S/C22H17N7O4/c1-31-17-10-6-5-9-15(17)19-16(11-29(27-19)14-7-3-2-4-8-14)22(30)32-12-18-25-21(28-33-18)20-23-13-24-26-20/h2-11,13H,12H2,1H3,(H,23,24,26). The molecule has 1 N–H and O–H groups in total. The zero-order valence-corrected chi connectivity index (χ0v) is 17.4. The smallest absolute Gasteiger partial charge is 0.342 e. The fourth-order valence-electron chi connectivity index (χ4n) is 3.20. The molecule has 33 heavy (non-hydrogen) atoms. The molecule has 3 heterocycles. The predicted molar refractivity (Wildman–Crippen MR) is 114 cm³/mol. The Hall–Kier alpha value is -4.80. The van der Waals surface area contributed by atoms with Crippen molar-refractivity contribution in [1.82, 2.24) is 35.1 Å². The van der Waals surface area contributed by atoms with Crippen molar-refractivity contribution in [2.45, 2.75) is 6.61 Å². The van der Waals surface area contributed by atoms with Crippen molar-refractivity contribution >= 4 is 5.97 Å². The number of carbonyl (C=O) groups is 1. The summed E-state index contributed by atoms with van der Waals surface area (Å²) in [6.45, 7) is -0.220. The van der Waals surface area contributed by atoms with Gasteiger partial charge in [-0.25, -0.2) is 14.5 Å². The molecule has 0 atom stereocenters. The van der Waals surface area contributed by atoms with Gasteiger partial charge in [0.15, 0.2) is 12.4 Å². The fourth-order valence-corrected chi connectivity index (χ4v) is 3.20. The monoisotopic (exact) mass is 443 g/mol. The second-order valence-corrected chi connectivity index (χ2v) is 6.79. The number of esters is 1. The van der Waals surface area contributed by atoms with Gasteiger partial charge in [-0.05, 0) is 24.3 Å². The van der Waals surface area contributed by atoms with E-state index in [1.165, 1.54) is 6.33 Å². The average molecular weight is 443 g/mol. The molecule has 5 aromatic rings. The maximum atomic E-state index is 13.1. The van der Waals surface area contributed by atoms with E-state index in [9.17, 15) is 4.79 Å². The minimum absolute atomic E-state index is 0.115. The van der Waals surface area contributed by atoms with E-state index in [2.05, 4.69) is 30.4 Å². The maximum absolute atomic E-state index is 13.1. The predicted octanol–water partition coefficient (Wildman–Crippen LogP) is 3.07. The summed E-state index contributed by atoms with van der Waals surface area (Å²) in [6, 6.07) is 16.8. The van der Waals surface area contributed by atoms with Crippen molar-refractivity contribution in [2.24, 2.45) is 0 Å². The molecule has 3 aromatic heterocycles. The number of hydrogen-bond acceptors (Lipinski definition) is 9. The van der Waals surface area contributed by atoms with Gasteiger partial charge in [-0.2, -0.15) is 15.2 Å². The van der Waals surface area contributed by atoms with Crippen molar-refractivity contribution in [1.29, 1.82) is 0 Å². The number of nitrogens with zero attached hydrogens (tertiary/aromatic N) is 6.